The molecule has 0 saturated carbocycles. The summed E-state index contributed by atoms with van der Waals surface area (Å²) in [6, 6.07) is 21.0. The molecule has 146 valence electrons. The van der Waals surface area contributed by atoms with E-state index in [-0.39, 0.29) is 29.9 Å². The van der Waals surface area contributed by atoms with Gasteiger partial charge in [0.25, 0.3) is 5.91 Å². The molecule has 4 aromatic rings. The van der Waals surface area contributed by atoms with Crippen molar-refractivity contribution in [3.8, 4) is 5.69 Å². The Hall–Kier alpha value is -2.92. The number of tetrazole rings is 1. The van der Waals surface area contributed by atoms with Gasteiger partial charge in [-0.1, -0.05) is 46.7 Å². The number of nitrogens with zero attached hydrogens (tertiary/aromatic N) is 4. The van der Waals surface area contributed by atoms with E-state index >= 15 is 0 Å². The van der Waals surface area contributed by atoms with E-state index in [0.29, 0.717) is 22.6 Å². The average molecular weight is 516 g/mol. The van der Waals surface area contributed by atoms with Gasteiger partial charge in [-0.3, -0.25) is 4.79 Å². The van der Waals surface area contributed by atoms with Crippen molar-refractivity contribution in [3.63, 3.8) is 0 Å². The molecule has 29 heavy (non-hydrogen) atoms. The van der Waals surface area contributed by atoms with E-state index in [1.54, 1.807) is 16.8 Å². The molecule has 2 N–H and O–H groups in total. The number of carbonyl (C=O) groups excluding carboxylic acids is 1. The van der Waals surface area contributed by atoms with E-state index in [1.807, 2.05) is 59.4 Å². The van der Waals surface area contributed by atoms with Gasteiger partial charge in [-0.15, -0.1) is 0 Å². The van der Waals surface area contributed by atoms with Crippen LogP contribution < -0.4 is 33.9 Å². The lowest BCUT2D eigenvalue weighted by atomic mass is 10.2. The van der Waals surface area contributed by atoms with Crippen molar-refractivity contribution in [2.75, 3.05) is 5.32 Å². The molecule has 7 nitrogen and oxygen atoms in total. The molecular weight excluding hydrogens is 499 g/mol. The van der Waals surface area contributed by atoms with Crippen LogP contribution in [-0.2, 0) is 6.54 Å². The quantitative estimate of drug-likeness (QED) is 0.221. The van der Waals surface area contributed by atoms with Crippen molar-refractivity contribution in [2.24, 2.45) is 0 Å². The average Bonchev–Trinajstić information content (AvgIpc) is 3.15. The fraction of sp³-hybridized carbons (Fsp3) is 0.0500. The van der Waals surface area contributed by atoms with E-state index in [9.17, 15) is 4.79 Å². The van der Waals surface area contributed by atoms with Crippen molar-refractivity contribution in [1.29, 1.82) is 0 Å². The zero-order valence-electron chi connectivity index (χ0n) is 15.2. The van der Waals surface area contributed by atoms with Crippen LogP contribution in [0.15, 0.2) is 79.1 Å². The Labute approximate surface area is 189 Å². The molecule has 2 aromatic heterocycles. The highest BCUT2D eigenvalue weighted by Crippen LogP contribution is 2.15. The number of H-pyrrole nitrogens is 1. The Kier molecular flexibility index (Phi) is 6.83. The molecule has 0 spiro atoms. The highest BCUT2D eigenvalue weighted by Gasteiger charge is 2.12. The van der Waals surface area contributed by atoms with Crippen molar-refractivity contribution in [3.05, 3.63) is 95.0 Å². The second kappa shape index (κ2) is 9.52. The highest BCUT2D eigenvalue weighted by atomic mass is 127. The van der Waals surface area contributed by atoms with Crippen molar-refractivity contribution in [2.45, 2.75) is 6.54 Å². The smallest absolute Gasteiger partial charge is 0.261 e. The van der Waals surface area contributed by atoms with Crippen LogP contribution >= 0.6 is 12.2 Å². The predicted molar refractivity (Wildman–Crippen MR) is 107 cm³/mol. The summed E-state index contributed by atoms with van der Waals surface area (Å²) in [4.78, 5) is 12.7. The predicted octanol–water partition coefficient (Wildman–Crippen LogP) is -0.0830. The summed E-state index contributed by atoms with van der Waals surface area (Å²) in [5.41, 5.74) is 3.13. The zero-order valence-corrected chi connectivity index (χ0v) is 18.2. The number of amides is 1. The minimum atomic E-state index is -0.189. The van der Waals surface area contributed by atoms with Crippen LogP contribution in [0.4, 0.5) is 5.69 Å². The monoisotopic (exact) mass is 516 g/mol. The van der Waals surface area contributed by atoms with Crippen molar-refractivity contribution >= 4 is 23.8 Å². The lowest BCUT2D eigenvalue weighted by Gasteiger charge is -2.07. The Morgan fingerprint density at radius 2 is 1.93 bits per heavy atom. The number of rotatable bonds is 5. The van der Waals surface area contributed by atoms with Gasteiger partial charge in [-0.05, 0) is 36.5 Å². The third-order valence-corrected chi connectivity index (χ3v) is 4.43. The summed E-state index contributed by atoms with van der Waals surface area (Å²) < 4.78 is 3.85. The number of carbonyl (C=O) groups is 1. The van der Waals surface area contributed by atoms with Gasteiger partial charge >= 0.3 is 0 Å². The van der Waals surface area contributed by atoms with Crippen LogP contribution in [0.25, 0.3) is 5.69 Å². The first-order valence-electron chi connectivity index (χ1n) is 8.64. The van der Waals surface area contributed by atoms with Gasteiger partial charge in [0.05, 0.1) is 5.69 Å². The maximum absolute atomic E-state index is 12.7. The third-order valence-electron chi connectivity index (χ3n) is 4.16. The molecule has 2 aromatic carbocycles. The topological polar surface area (TPSA) is 79.5 Å². The molecule has 0 fully saturated rings. The van der Waals surface area contributed by atoms with E-state index in [1.165, 1.54) is 5.56 Å². The van der Waals surface area contributed by atoms with E-state index in [2.05, 4.69) is 33.0 Å². The summed E-state index contributed by atoms with van der Waals surface area (Å²) in [6.07, 6.45) is 3.78. The largest absolute Gasteiger partial charge is 1.00 e. The van der Waals surface area contributed by atoms with Gasteiger partial charge in [0, 0.05) is 17.3 Å². The Morgan fingerprint density at radius 3 is 2.69 bits per heavy atom. The number of pyridine rings is 1. The number of nitrogens with one attached hydrogen (secondary N) is 2. The maximum Gasteiger partial charge on any atom is 0.261 e. The van der Waals surface area contributed by atoms with Gasteiger partial charge in [0.15, 0.2) is 18.9 Å². The Morgan fingerprint density at radius 1 is 1.10 bits per heavy atom. The number of aromatic amines is 1. The fourth-order valence-corrected chi connectivity index (χ4v) is 3.03. The Bertz CT molecular complexity index is 1170. The van der Waals surface area contributed by atoms with Gasteiger partial charge in [0.2, 0.25) is 4.77 Å². The molecule has 2 heterocycles. The van der Waals surface area contributed by atoms with E-state index in [4.69, 9.17) is 12.2 Å². The highest BCUT2D eigenvalue weighted by molar-refractivity contribution is 7.71. The lowest BCUT2D eigenvalue weighted by Crippen LogP contribution is -3.00. The molecule has 0 aliphatic carbocycles. The standard InChI is InChI=1S/C20H16N6OS.HI/c27-19(16-8-5-11-25(14-16)13-15-6-2-1-3-7-15)21-17-9-4-10-18(12-17)26-20(28)22-23-24-26;/h1-12,14H,13H2,(H-,21,22,24,27,28);1H. The molecule has 4 rings (SSSR count). The second-order valence-corrected chi connectivity index (χ2v) is 6.54. The summed E-state index contributed by atoms with van der Waals surface area (Å²) in [6.45, 7) is 0.697. The summed E-state index contributed by atoms with van der Waals surface area (Å²) >= 11 is 5.11. The fourth-order valence-electron chi connectivity index (χ4n) is 2.84. The summed E-state index contributed by atoms with van der Waals surface area (Å²) in [7, 11) is 0. The van der Waals surface area contributed by atoms with Crippen LogP contribution in [0.2, 0.25) is 0 Å². The van der Waals surface area contributed by atoms with Crippen LogP contribution in [0.3, 0.4) is 0 Å². The second-order valence-electron chi connectivity index (χ2n) is 6.17. The van der Waals surface area contributed by atoms with Crippen molar-refractivity contribution < 1.29 is 33.3 Å². The van der Waals surface area contributed by atoms with Crippen LogP contribution in [-0.4, -0.2) is 26.1 Å². The molecule has 0 unspecified atom stereocenters. The van der Waals surface area contributed by atoms with E-state index < -0.39 is 0 Å². The molecule has 9 heteroatoms. The number of hydrogen-bond acceptors (Lipinski definition) is 4. The van der Waals surface area contributed by atoms with Crippen LogP contribution in [0.1, 0.15) is 15.9 Å². The molecular formula is C20H17IN6OS. The molecule has 0 bridgehead atoms. The number of anilines is 1. The third kappa shape index (κ3) is 5.12. The number of halogens is 1. The molecule has 1 amide bonds. The Balaban J connectivity index is 0.00000240. The van der Waals surface area contributed by atoms with E-state index in [0.717, 1.165) is 5.69 Å². The molecule has 0 aliphatic rings. The van der Waals surface area contributed by atoms with Gasteiger partial charge in [-0.2, -0.15) is 9.78 Å². The first-order valence-corrected chi connectivity index (χ1v) is 9.05. The van der Waals surface area contributed by atoms with Gasteiger partial charge in [0.1, 0.15) is 5.56 Å². The number of aromatic nitrogens is 5. The lowest BCUT2D eigenvalue weighted by molar-refractivity contribution is -0.688. The normalized spacial score (nSPS) is 10.2. The minimum Gasteiger partial charge on any atom is -1.00 e. The van der Waals surface area contributed by atoms with Gasteiger partial charge < -0.3 is 29.3 Å². The SMILES string of the molecule is O=C(Nc1cccc(-n2[nH]nnc2=S)c1)c1ccc[n+](Cc2ccccc2)c1.[I-]. The molecule has 0 radical (unpaired) electrons. The number of hydrogen-bond donors (Lipinski definition) is 2. The van der Waals surface area contributed by atoms with Crippen LogP contribution in [0.5, 0.6) is 0 Å². The van der Waals surface area contributed by atoms with Gasteiger partial charge in [-0.25, -0.2) is 4.68 Å². The molecule has 0 aliphatic heterocycles. The maximum atomic E-state index is 12.7. The van der Waals surface area contributed by atoms with Crippen LogP contribution in [0, 0.1) is 4.77 Å². The molecule has 0 atom stereocenters. The summed E-state index contributed by atoms with van der Waals surface area (Å²) in [5.74, 6) is -0.189. The summed E-state index contributed by atoms with van der Waals surface area (Å²) in [5, 5.41) is 13.0. The minimum absolute atomic E-state index is 0. The van der Waals surface area contributed by atoms with Crippen molar-refractivity contribution in [1.82, 2.24) is 20.2 Å². The first-order chi connectivity index (χ1) is 13.7. The molecule has 0 saturated heterocycles. The zero-order chi connectivity index (χ0) is 19.3. The number of benzene rings is 2. The first kappa shape index (κ1) is 20.8.